The number of rotatable bonds is 2. The number of hydrogen-bond donors (Lipinski definition) is 2. The second kappa shape index (κ2) is 5.70. The van der Waals surface area contributed by atoms with Crippen LogP contribution in [0.1, 0.15) is 37.5 Å². The van der Waals surface area contributed by atoms with Gasteiger partial charge in [0.2, 0.25) is 0 Å². The van der Waals surface area contributed by atoms with E-state index < -0.39 is 28.3 Å². The molecule has 0 saturated heterocycles. The summed E-state index contributed by atoms with van der Waals surface area (Å²) in [4.78, 5) is 0.247. The Balaban J connectivity index is 2.50. The quantitative estimate of drug-likeness (QED) is 0.880. The third-order valence-corrected chi connectivity index (χ3v) is 4.66. The average molecular weight is 320 g/mol. The molecule has 0 fully saturated rings. The van der Waals surface area contributed by atoms with Gasteiger partial charge < -0.3 is 5.32 Å². The summed E-state index contributed by atoms with van der Waals surface area (Å²) < 4.78 is 54.3. The van der Waals surface area contributed by atoms with Crippen LogP contribution in [0, 0.1) is 0 Å². The van der Waals surface area contributed by atoms with Crippen LogP contribution >= 0.6 is 0 Å². The van der Waals surface area contributed by atoms with Gasteiger partial charge in [0.25, 0.3) is 0 Å². The molecule has 0 aliphatic carbocycles. The molecule has 0 spiro atoms. The van der Waals surface area contributed by atoms with Crippen molar-refractivity contribution in [2.75, 3.05) is 6.54 Å². The van der Waals surface area contributed by atoms with Crippen molar-refractivity contribution in [1.29, 1.82) is 0 Å². The van der Waals surface area contributed by atoms with E-state index in [1.807, 2.05) is 20.8 Å². The Morgan fingerprint density at radius 1 is 1.24 bits per heavy atom. The van der Waals surface area contributed by atoms with Crippen LogP contribution in [0.3, 0.4) is 0 Å². The lowest BCUT2D eigenvalue weighted by Crippen LogP contribution is -2.38. The molecule has 0 aromatic heterocycles. The maximum Gasteiger partial charge on any atom is 0.416 e. The molecule has 1 aromatic carbocycles. The van der Waals surface area contributed by atoms with Crippen LogP contribution in [0.15, 0.2) is 17.0 Å². The van der Waals surface area contributed by atoms with E-state index in [2.05, 4.69) is 10.0 Å². The van der Waals surface area contributed by atoms with Crippen molar-refractivity contribution in [1.82, 2.24) is 10.0 Å². The summed E-state index contributed by atoms with van der Waals surface area (Å²) in [5.74, 6) is 0. The van der Waals surface area contributed by atoms with Crippen molar-refractivity contribution < 1.29 is 17.4 Å². The number of halogens is 3. The van der Waals surface area contributed by atoms with Crippen LogP contribution in [-0.4, -0.2) is 16.3 Å². The normalized spacial score (nSPS) is 17.4. The van der Waals surface area contributed by atoms with Crippen molar-refractivity contribution >= 4 is 11.0 Å². The topological polar surface area (TPSA) is 41.1 Å². The molecule has 2 N–H and O–H groups in total. The first-order chi connectivity index (χ1) is 9.58. The fraction of sp³-hybridized carbons (Fsp3) is 0.571. The number of hydrogen-bond acceptors (Lipinski definition) is 2. The van der Waals surface area contributed by atoms with Crippen molar-refractivity contribution in [2.45, 2.75) is 50.3 Å². The molecule has 0 radical (unpaired) electrons. The van der Waals surface area contributed by atoms with E-state index in [1.54, 1.807) is 0 Å². The van der Waals surface area contributed by atoms with Crippen LogP contribution in [0.5, 0.6) is 0 Å². The molecule has 1 aliphatic rings. The zero-order valence-electron chi connectivity index (χ0n) is 12.2. The lowest BCUT2D eigenvalue weighted by Gasteiger charge is -2.25. The molecule has 7 heteroatoms. The van der Waals surface area contributed by atoms with Crippen molar-refractivity contribution in [3.8, 4) is 0 Å². The van der Waals surface area contributed by atoms with Crippen molar-refractivity contribution in [3.63, 3.8) is 0 Å². The molecule has 1 aliphatic heterocycles. The van der Waals surface area contributed by atoms with Gasteiger partial charge in [0.15, 0.2) is 0 Å². The van der Waals surface area contributed by atoms with Gasteiger partial charge >= 0.3 is 6.18 Å². The smallest absolute Gasteiger partial charge is 0.312 e. The standard InChI is InChI=1S/C14H19F3N2OS/c1-13(2,3)19-21(20)12-7-10(14(15,16)17)6-9-8-18-5-4-11(9)12/h6-7,18-19H,4-5,8H2,1-3H3. The first-order valence-corrected chi connectivity index (χ1v) is 7.86. The molecule has 2 rings (SSSR count). The van der Waals surface area contributed by atoms with E-state index in [-0.39, 0.29) is 4.90 Å². The summed E-state index contributed by atoms with van der Waals surface area (Å²) in [6.07, 6.45) is -3.85. The highest BCUT2D eigenvalue weighted by Crippen LogP contribution is 2.34. The Kier molecular flexibility index (Phi) is 4.46. The van der Waals surface area contributed by atoms with Crippen molar-refractivity contribution in [3.05, 3.63) is 28.8 Å². The highest BCUT2D eigenvalue weighted by Gasteiger charge is 2.33. The Morgan fingerprint density at radius 2 is 1.90 bits per heavy atom. The van der Waals surface area contributed by atoms with Gasteiger partial charge in [-0.25, -0.2) is 8.93 Å². The molecule has 1 aromatic rings. The first kappa shape index (κ1) is 16.5. The highest BCUT2D eigenvalue weighted by atomic mass is 32.2. The fourth-order valence-corrected chi connectivity index (χ4v) is 3.60. The summed E-state index contributed by atoms with van der Waals surface area (Å²) in [5.41, 5.74) is 0.148. The minimum atomic E-state index is -4.44. The van der Waals surface area contributed by atoms with Gasteiger partial charge in [-0.2, -0.15) is 13.2 Å². The second-order valence-corrected chi connectivity index (χ2v) is 7.34. The van der Waals surface area contributed by atoms with E-state index in [9.17, 15) is 17.4 Å². The Labute approximate surface area is 124 Å². The number of alkyl halides is 3. The summed E-state index contributed by atoms with van der Waals surface area (Å²) in [5, 5.41) is 3.05. The third-order valence-electron chi connectivity index (χ3n) is 3.09. The van der Waals surface area contributed by atoms with E-state index in [4.69, 9.17) is 0 Å². The molecule has 118 valence electrons. The van der Waals surface area contributed by atoms with E-state index in [0.29, 0.717) is 25.1 Å². The molecule has 0 bridgehead atoms. The third kappa shape index (κ3) is 4.05. The van der Waals surface area contributed by atoms with Gasteiger partial charge in [0.1, 0.15) is 11.0 Å². The Morgan fingerprint density at radius 3 is 2.48 bits per heavy atom. The number of fused-ring (bicyclic) bond motifs is 1. The minimum Gasteiger partial charge on any atom is -0.312 e. The summed E-state index contributed by atoms with van der Waals surface area (Å²) in [7, 11) is -1.67. The van der Waals surface area contributed by atoms with E-state index in [1.165, 1.54) is 0 Å². The SMILES string of the molecule is CC(C)(C)NS(=O)c1cc(C(F)(F)F)cc2c1CCNC2. The van der Waals surface area contributed by atoms with Crippen molar-refractivity contribution in [2.24, 2.45) is 0 Å². The average Bonchev–Trinajstić information content (AvgIpc) is 2.34. The Bertz CT molecular complexity index is 565. The van der Waals surface area contributed by atoms with Crippen LogP contribution < -0.4 is 10.0 Å². The van der Waals surface area contributed by atoms with Gasteiger partial charge in [-0.3, -0.25) is 0 Å². The predicted molar refractivity (Wildman–Crippen MR) is 76.2 cm³/mol. The van der Waals surface area contributed by atoms with Crippen LogP contribution in [-0.2, 0) is 30.1 Å². The largest absolute Gasteiger partial charge is 0.416 e. The molecular weight excluding hydrogens is 301 g/mol. The molecule has 1 atom stereocenters. The second-order valence-electron chi connectivity index (χ2n) is 6.16. The minimum absolute atomic E-state index is 0.247. The monoisotopic (exact) mass is 320 g/mol. The fourth-order valence-electron chi connectivity index (χ4n) is 2.24. The zero-order valence-corrected chi connectivity index (χ0v) is 13.0. The molecule has 1 heterocycles. The van der Waals surface area contributed by atoms with Crippen LogP contribution in [0.25, 0.3) is 0 Å². The van der Waals surface area contributed by atoms with Gasteiger partial charge in [-0.05, 0) is 57.0 Å². The maximum atomic E-state index is 13.0. The lowest BCUT2D eigenvalue weighted by molar-refractivity contribution is -0.137. The Hall–Kier alpha value is -0.920. The van der Waals surface area contributed by atoms with Crippen LogP contribution in [0.2, 0.25) is 0 Å². The van der Waals surface area contributed by atoms with Gasteiger partial charge in [0, 0.05) is 12.1 Å². The molecule has 0 saturated carbocycles. The molecule has 0 amide bonds. The number of nitrogens with one attached hydrogen (secondary N) is 2. The van der Waals surface area contributed by atoms with Gasteiger partial charge in [-0.1, -0.05) is 0 Å². The molecule has 3 nitrogen and oxygen atoms in total. The summed E-state index contributed by atoms with van der Waals surface area (Å²) in [6, 6.07) is 2.16. The molecule has 1 unspecified atom stereocenters. The van der Waals surface area contributed by atoms with Crippen LogP contribution in [0.4, 0.5) is 13.2 Å². The summed E-state index contributed by atoms with van der Waals surface area (Å²) in [6.45, 7) is 6.53. The highest BCUT2D eigenvalue weighted by molar-refractivity contribution is 7.83. The van der Waals surface area contributed by atoms with E-state index in [0.717, 1.165) is 17.7 Å². The first-order valence-electron chi connectivity index (χ1n) is 6.71. The van der Waals surface area contributed by atoms with E-state index >= 15 is 0 Å². The van der Waals surface area contributed by atoms with Gasteiger partial charge in [-0.15, -0.1) is 0 Å². The number of benzene rings is 1. The summed E-state index contributed by atoms with van der Waals surface area (Å²) >= 11 is 0. The van der Waals surface area contributed by atoms with Gasteiger partial charge in [0.05, 0.1) is 10.5 Å². The zero-order chi connectivity index (χ0) is 15.8. The lowest BCUT2D eigenvalue weighted by atomic mass is 9.98. The molecule has 21 heavy (non-hydrogen) atoms. The predicted octanol–water partition coefficient (Wildman–Crippen LogP) is 2.76. The maximum absolute atomic E-state index is 13.0. The molecular formula is C14H19F3N2OS.